The number of anilines is 2. The first-order valence-electron chi connectivity index (χ1n) is 11.9. The number of aryl methyl sites for hydroxylation is 1. The first kappa shape index (κ1) is 24.4. The highest BCUT2D eigenvalue weighted by molar-refractivity contribution is 6.30. The molecule has 2 saturated heterocycles. The van der Waals surface area contributed by atoms with Gasteiger partial charge in [-0.3, -0.25) is 9.47 Å². The lowest BCUT2D eigenvalue weighted by molar-refractivity contribution is -0.224. The van der Waals surface area contributed by atoms with Gasteiger partial charge in [-0.1, -0.05) is 11.6 Å². The number of hydrogen-bond donors (Lipinski definition) is 0. The van der Waals surface area contributed by atoms with Gasteiger partial charge in [-0.25, -0.2) is 14.4 Å². The van der Waals surface area contributed by atoms with Crippen LogP contribution in [0.4, 0.5) is 29.5 Å². The molecule has 3 aliphatic rings. The van der Waals surface area contributed by atoms with E-state index in [1.165, 1.54) is 24.9 Å². The summed E-state index contributed by atoms with van der Waals surface area (Å²) in [7, 11) is 0. The van der Waals surface area contributed by atoms with Crippen molar-refractivity contribution >= 4 is 23.5 Å². The topological polar surface area (TPSA) is 66.2 Å². The van der Waals surface area contributed by atoms with E-state index in [-0.39, 0.29) is 18.5 Å². The molecule has 2 fully saturated rings. The number of nitrogens with zero attached hydrogens (tertiary/aromatic N) is 8. The predicted octanol–water partition coefficient (Wildman–Crippen LogP) is 4.14. The number of halogens is 5. The Balaban J connectivity index is 1.26. The zero-order valence-electron chi connectivity index (χ0n) is 20.5. The first-order valence-corrected chi connectivity index (χ1v) is 12.3. The average Bonchev–Trinajstić information content (AvgIpc) is 3.08. The molecule has 0 saturated carbocycles. The predicted molar refractivity (Wildman–Crippen MR) is 129 cm³/mol. The van der Waals surface area contributed by atoms with Crippen LogP contribution in [-0.2, 0) is 13.1 Å². The zero-order chi connectivity index (χ0) is 26.3. The third-order valence-corrected chi connectivity index (χ3v) is 7.99. The van der Waals surface area contributed by atoms with Crippen LogP contribution < -0.4 is 9.80 Å². The molecule has 3 aliphatic heterocycles. The normalized spacial score (nSPS) is 19.2. The second-order valence-electron chi connectivity index (χ2n) is 10.8. The van der Waals surface area contributed by atoms with Gasteiger partial charge in [-0.05, 0) is 44.5 Å². The van der Waals surface area contributed by atoms with Crippen LogP contribution in [0.3, 0.4) is 0 Å². The Kier molecular flexibility index (Phi) is 5.27. The lowest BCUT2D eigenvalue weighted by Gasteiger charge is -2.60. The Morgan fingerprint density at radius 1 is 1.00 bits per heavy atom. The van der Waals surface area contributed by atoms with Crippen molar-refractivity contribution < 1.29 is 17.6 Å². The highest BCUT2D eigenvalue weighted by atomic mass is 35.5. The van der Waals surface area contributed by atoms with Crippen LogP contribution in [0.5, 0.6) is 0 Å². The van der Waals surface area contributed by atoms with Crippen LogP contribution in [0.2, 0.25) is 5.02 Å². The molecule has 2 aromatic heterocycles. The van der Waals surface area contributed by atoms with Crippen LogP contribution in [0.1, 0.15) is 30.9 Å². The Bertz CT molecular complexity index is 1370. The van der Waals surface area contributed by atoms with Gasteiger partial charge < -0.3 is 9.80 Å². The van der Waals surface area contributed by atoms with Gasteiger partial charge in [0.1, 0.15) is 5.54 Å². The number of benzene rings is 1. The van der Waals surface area contributed by atoms with Crippen LogP contribution in [-0.4, -0.2) is 67.5 Å². The van der Waals surface area contributed by atoms with E-state index in [2.05, 4.69) is 25.1 Å². The van der Waals surface area contributed by atoms with E-state index >= 15 is 0 Å². The maximum absolute atomic E-state index is 14.0. The van der Waals surface area contributed by atoms with Crippen molar-refractivity contribution in [3.05, 3.63) is 52.3 Å². The molecule has 196 valence electrons. The minimum Gasteiger partial charge on any atom is -0.339 e. The molecular formula is C24H25ClF4N8. The molecule has 0 N–H and O–H groups in total. The van der Waals surface area contributed by atoms with Crippen LogP contribution in [0.15, 0.2) is 24.4 Å². The Morgan fingerprint density at radius 3 is 2.38 bits per heavy atom. The van der Waals surface area contributed by atoms with Crippen molar-refractivity contribution in [3.8, 4) is 5.69 Å². The van der Waals surface area contributed by atoms with Crippen molar-refractivity contribution in [2.75, 3.05) is 36.0 Å². The minimum atomic E-state index is -4.43. The molecule has 8 nitrogen and oxygen atoms in total. The summed E-state index contributed by atoms with van der Waals surface area (Å²) in [5.74, 6) is 1.13. The highest BCUT2D eigenvalue weighted by Gasteiger charge is 2.55. The van der Waals surface area contributed by atoms with Gasteiger partial charge in [0.25, 0.3) is 0 Å². The number of rotatable bonds is 3. The monoisotopic (exact) mass is 536 g/mol. The van der Waals surface area contributed by atoms with Gasteiger partial charge in [-0.15, -0.1) is 10.2 Å². The zero-order valence-corrected chi connectivity index (χ0v) is 21.3. The fraction of sp³-hybridized carbons (Fsp3) is 0.500. The second-order valence-corrected chi connectivity index (χ2v) is 11.2. The molecule has 0 atom stereocenters. The molecule has 6 rings (SSSR count). The second kappa shape index (κ2) is 8.00. The van der Waals surface area contributed by atoms with Crippen molar-refractivity contribution in [1.29, 1.82) is 0 Å². The summed E-state index contributed by atoms with van der Waals surface area (Å²) in [5, 5.41) is 9.18. The van der Waals surface area contributed by atoms with Crippen LogP contribution >= 0.6 is 11.6 Å². The quantitative estimate of drug-likeness (QED) is 0.466. The third kappa shape index (κ3) is 3.83. The molecular weight excluding hydrogens is 512 g/mol. The van der Waals surface area contributed by atoms with Gasteiger partial charge in [0.05, 0.1) is 24.1 Å². The highest BCUT2D eigenvalue weighted by Crippen LogP contribution is 2.44. The molecule has 13 heteroatoms. The number of fused-ring (bicyclic) bond motifs is 3. The molecule has 1 aromatic carbocycles. The summed E-state index contributed by atoms with van der Waals surface area (Å²) >= 11 is 6.24. The van der Waals surface area contributed by atoms with Crippen LogP contribution in [0.25, 0.3) is 5.69 Å². The van der Waals surface area contributed by atoms with Crippen LogP contribution in [0, 0.1) is 18.2 Å². The van der Waals surface area contributed by atoms with Gasteiger partial charge in [0.15, 0.2) is 11.6 Å². The summed E-state index contributed by atoms with van der Waals surface area (Å²) in [4.78, 5) is 13.8. The van der Waals surface area contributed by atoms with E-state index in [0.717, 1.165) is 18.8 Å². The summed E-state index contributed by atoms with van der Waals surface area (Å²) in [6, 6.07) is 5.25. The lowest BCUT2D eigenvalue weighted by atomic mass is 9.73. The summed E-state index contributed by atoms with van der Waals surface area (Å²) in [6.07, 6.45) is -3.25. The molecule has 0 bridgehead atoms. The summed E-state index contributed by atoms with van der Waals surface area (Å²) < 4.78 is 57.3. The standard InChI is InChI=1S/C24H25ClF4N8/c1-14-17(26)7-30-20(31-14)34-10-23(11-34)12-35(13-23)21-33-32-19-9-36(22(2,3)24(27,28)29)8-15-6-16(25)4-5-18(15)37(19)21/h4-7H,8-13H2,1-3H3. The number of aromatic nitrogens is 5. The summed E-state index contributed by atoms with van der Waals surface area (Å²) in [5.41, 5.74) is -0.334. The molecule has 0 radical (unpaired) electrons. The fourth-order valence-corrected chi connectivity index (χ4v) is 5.56. The molecule has 0 amide bonds. The van der Waals surface area contributed by atoms with E-state index in [4.69, 9.17) is 11.6 Å². The molecule has 5 heterocycles. The van der Waals surface area contributed by atoms with E-state index in [1.807, 2.05) is 15.5 Å². The Hall–Kier alpha value is -2.99. The van der Waals surface area contributed by atoms with E-state index in [9.17, 15) is 17.6 Å². The van der Waals surface area contributed by atoms with Gasteiger partial charge in [-0.2, -0.15) is 13.2 Å². The maximum atomic E-state index is 14.0. The largest absolute Gasteiger partial charge is 0.406 e. The molecule has 0 aliphatic carbocycles. The van der Waals surface area contributed by atoms with Gasteiger partial charge in [0, 0.05) is 43.2 Å². The van der Waals surface area contributed by atoms with Gasteiger partial charge in [0.2, 0.25) is 11.9 Å². The number of hydrogen-bond acceptors (Lipinski definition) is 7. The van der Waals surface area contributed by atoms with Crippen molar-refractivity contribution in [3.63, 3.8) is 0 Å². The molecule has 1 spiro atoms. The molecule has 37 heavy (non-hydrogen) atoms. The Morgan fingerprint density at radius 2 is 1.70 bits per heavy atom. The average molecular weight is 537 g/mol. The van der Waals surface area contributed by atoms with E-state index in [0.29, 0.717) is 47.1 Å². The molecule has 3 aromatic rings. The summed E-state index contributed by atoms with van der Waals surface area (Å²) in [6.45, 7) is 6.91. The third-order valence-electron chi connectivity index (χ3n) is 7.75. The SMILES string of the molecule is Cc1nc(N2CC3(C2)CN(c2nnc4n2-c2ccc(Cl)cc2CN(C(C)(C)C(F)(F)F)C4)C3)ncc1F. The molecule has 0 unspecified atom stereocenters. The van der Waals surface area contributed by atoms with E-state index in [1.54, 1.807) is 19.1 Å². The smallest absolute Gasteiger partial charge is 0.339 e. The van der Waals surface area contributed by atoms with E-state index < -0.39 is 17.5 Å². The van der Waals surface area contributed by atoms with Gasteiger partial charge >= 0.3 is 6.18 Å². The fourth-order valence-electron chi connectivity index (χ4n) is 5.37. The first-order chi connectivity index (χ1) is 17.4. The van der Waals surface area contributed by atoms with Crippen molar-refractivity contribution in [2.24, 2.45) is 5.41 Å². The maximum Gasteiger partial charge on any atom is 0.406 e. The Labute approximate surface area is 215 Å². The minimum absolute atomic E-state index is 0.0141. The van der Waals surface area contributed by atoms with Crippen molar-refractivity contribution in [1.82, 2.24) is 29.6 Å². The van der Waals surface area contributed by atoms with Crippen molar-refractivity contribution in [2.45, 2.75) is 45.6 Å². The lowest BCUT2D eigenvalue weighted by Crippen LogP contribution is -2.73. The number of alkyl halides is 3.